The van der Waals surface area contributed by atoms with Gasteiger partial charge in [0.25, 0.3) is 0 Å². The molecule has 1 aliphatic rings. The molecule has 0 saturated carbocycles. The molecule has 0 spiro atoms. The van der Waals surface area contributed by atoms with E-state index < -0.39 is 8.80 Å². The van der Waals surface area contributed by atoms with E-state index in [1.165, 1.54) is 32.6 Å². The van der Waals surface area contributed by atoms with Crippen molar-refractivity contribution in [1.29, 1.82) is 0 Å². The summed E-state index contributed by atoms with van der Waals surface area (Å²) in [5.74, 6) is 0. The Morgan fingerprint density at radius 2 is 1.10 bits per heavy atom. The standard InChI is InChI=1S/C29H27Si/c1-29(2,3)26-20-12-19-24-23-17-10-11-18-25(23)28(27(24)26)30(21-13-6-4-7-14-21)22-15-8-5-9-16-22/h4-20,28H,1-3H3. The third kappa shape index (κ3) is 3.14. The second kappa shape index (κ2) is 7.41. The number of hydrogen-bond donors (Lipinski definition) is 0. The van der Waals surface area contributed by atoms with Gasteiger partial charge in [0.2, 0.25) is 0 Å². The quantitative estimate of drug-likeness (QED) is 0.371. The van der Waals surface area contributed by atoms with Crippen LogP contribution in [0.5, 0.6) is 0 Å². The summed E-state index contributed by atoms with van der Waals surface area (Å²) in [7, 11) is -1.08. The van der Waals surface area contributed by atoms with Crippen molar-refractivity contribution >= 4 is 19.2 Å². The van der Waals surface area contributed by atoms with Gasteiger partial charge in [-0.15, -0.1) is 0 Å². The van der Waals surface area contributed by atoms with Gasteiger partial charge in [-0.3, -0.25) is 0 Å². The molecule has 0 fully saturated rings. The topological polar surface area (TPSA) is 0 Å². The van der Waals surface area contributed by atoms with Crippen LogP contribution in [0.15, 0.2) is 103 Å². The second-order valence-electron chi connectivity index (χ2n) is 9.18. The van der Waals surface area contributed by atoms with E-state index in [1.807, 2.05) is 0 Å². The van der Waals surface area contributed by atoms with E-state index in [0.29, 0.717) is 5.54 Å². The average Bonchev–Trinajstić information content (AvgIpc) is 3.09. The van der Waals surface area contributed by atoms with Crippen molar-refractivity contribution in [3.05, 3.63) is 120 Å². The molecule has 0 aliphatic heterocycles. The van der Waals surface area contributed by atoms with Crippen LogP contribution in [0.3, 0.4) is 0 Å². The Balaban J connectivity index is 1.83. The van der Waals surface area contributed by atoms with E-state index in [-0.39, 0.29) is 5.41 Å². The van der Waals surface area contributed by atoms with Crippen molar-refractivity contribution in [2.45, 2.75) is 31.7 Å². The molecule has 0 N–H and O–H groups in total. The highest BCUT2D eigenvalue weighted by molar-refractivity contribution is 6.87. The van der Waals surface area contributed by atoms with Crippen LogP contribution in [0.2, 0.25) is 0 Å². The Labute approximate surface area is 181 Å². The lowest BCUT2D eigenvalue weighted by Crippen LogP contribution is -2.47. The molecule has 4 aromatic carbocycles. The lowest BCUT2D eigenvalue weighted by Gasteiger charge is -2.30. The van der Waals surface area contributed by atoms with Gasteiger partial charge in [-0.2, -0.15) is 0 Å². The Bertz CT molecular complexity index is 1130. The van der Waals surface area contributed by atoms with Gasteiger partial charge in [-0.1, -0.05) is 134 Å². The zero-order valence-electron chi connectivity index (χ0n) is 17.9. The summed E-state index contributed by atoms with van der Waals surface area (Å²) in [4.78, 5) is 0. The normalized spacial score (nSPS) is 15.1. The summed E-state index contributed by atoms with van der Waals surface area (Å²) < 4.78 is 0. The van der Waals surface area contributed by atoms with Crippen LogP contribution in [0.4, 0.5) is 0 Å². The van der Waals surface area contributed by atoms with Gasteiger partial charge in [-0.05, 0) is 33.2 Å². The maximum atomic E-state index is 2.36. The summed E-state index contributed by atoms with van der Waals surface area (Å²) >= 11 is 0. The fourth-order valence-corrected chi connectivity index (χ4v) is 8.22. The number of hydrogen-bond acceptors (Lipinski definition) is 0. The Hall–Kier alpha value is -2.90. The molecule has 1 aliphatic carbocycles. The van der Waals surface area contributed by atoms with Crippen molar-refractivity contribution in [3.8, 4) is 11.1 Å². The van der Waals surface area contributed by atoms with E-state index in [2.05, 4.69) is 124 Å². The van der Waals surface area contributed by atoms with Gasteiger partial charge in [0.1, 0.15) is 8.80 Å². The van der Waals surface area contributed by atoms with Crippen LogP contribution < -0.4 is 10.4 Å². The van der Waals surface area contributed by atoms with E-state index in [4.69, 9.17) is 0 Å². The van der Waals surface area contributed by atoms with Crippen LogP contribution in [0.1, 0.15) is 43.0 Å². The first-order valence-electron chi connectivity index (χ1n) is 10.8. The third-order valence-electron chi connectivity index (χ3n) is 6.22. The SMILES string of the molecule is CC(C)(C)c1cccc2c1C([Si](c1ccccc1)c1ccccc1)c1ccccc1-2. The zero-order valence-corrected chi connectivity index (χ0v) is 18.9. The van der Waals surface area contributed by atoms with Crippen LogP contribution in [-0.4, -0.2) is 8.80 Å². The Morgan fingerprint density at radius 1 is 0.567 bits per heavy atom. The lowest BCUT2D eigenvalue weighted by molar-refractivity contribution is 0.584. The van der Waals surface area contributed by atoms with Crippen molar-refractivity contribution in [1.82, 2.24) is 0 Å². The lowest BCUT2D eigenvalue weighted by atomic mass is 9.82. The predicted octanol–water partition coefficient (Wildman–Crippen LogP) is 5.94. The highest BCUT2D eigenvalue weighted by Crippen LogP contribution is 2.49. The van der Waals surface area contributed by atoms with Crippen LogP contribution in [0.25, 0.3) is 11.1 Å². The highest BCUT2D eigenvalue weighted by atomic mass is 28.3. The van der Waals surface area contributed by atoms with Crippen LogP contribution in [-0.2, 0) is 5.41 Å². The maximum absolute atomic E-state index is 2.36. The van der Waals surface area contributed by atoms with Crippen molar-refractivity contribution in [2.75, 3.05) is 0 Å². The first-order chi connectivity index (χ1) is 14.6. The van der Waals surface area contributed by atoms with Crippen LogP contribution in [0, 0.1) is 0 Å². The van der Waals surface area contributed by atoms with E-state index in [0.717, 1.165) is 0 Å². The molecule has 1 heteroatoms. The highest BCUT2D eigenvalue weighted by Gasteiger charge is 2.40. The van der Waals surface area contributed by atoms with Crippen molar-refractivity contribution in [3.63, 3.8) is 0 Å². The summed E-state index contributed by atoms with van der Waals surface area (Å²) in [5, 5.41) is 2.95. The molecule has 4 aromatic rings. The fraction of sp³-hybridized carbons (Fsp3) is 0.172. The minimum absolute atomic E-state index is 0.103. The van der Waals surface area contributed by atoms with Gasteiger partial charge in [-0.25, -0.2) is 0 Å². The third-order valence-corrected chi connectivity index (χ3v) is 9.31. The predicted molar refractivity (Wildman–Crippen MR) is 130 cm³/mol. The molecule has 0 amide bonds. The molecule has 30 heavy (non-hydrogen) atoms. The maximum Gasteiger partial charge on any atom is 0.133 e. The summed E-state index contributed by atoms with van der Waals surface area (Å²) in [6.07, 6.45) is 0. The Kier molecular flexibility index (Phi) is 4.71. The fourth-order valence-electron chi connectivity index (χ4n) is 4.95. The van der Waals surface area contributed by atoms with Gasteiger partial charge in [0.05, 0.1) is 0 Å². The largest absolute Gasteiger partial charge is 0.133 e. The zero-order chi connectivity index (χ0) is 20.7. The molecule has 5 rings (SSSR count). The second-order valence-corrected chi connectivity index (χ2v) is 11.7. The molecule has 0 nitrogen and oxygen atoms in total. The van der Waals surface area contributed by atoms with Gasteiger partial charge in [0.15, 0.2) is 0 Å². The molecular weight excluding hydrogens is 376 g/mol. The molecule has 0 saturated heterocycles. The summed E-state index contributed by atoms with van der Waals surface area (Å²) in [6.45, 7) is 7.04. The molecule has 1 unspecified atom stereocenters. The minimum atomic E-state index is -1.08. The van der Waals surface area contributed by atoms with E-state index in [1.54, 1.807) is 5.56 Å². The van der Waals surface area contributed by atoms with Gasteiger partial charge < -0.3 is 0 Å². The van der Waals surface area contributed by atoms with Gasteiger partial charge >= 0.3 is 0 Å². The average molecular weight is 404 g/mol. The molecule has 1 radical (unpaired) electrons. The first kappa shape index (κ1) is 19.1. The smallest absolute Gasteiger partial charge is 0.0628 e. The molecule has 0 aromatic heterocycles. The molecule has 0 bridgehead atoms. The molecule has 1 atom stereocenters. The summed E-state index contributed by atoms with van der Waals surface area (Å²) in [6, 6.07) is 38.4. The van der Waals surface area contributed by atoms with E-state index >= 15 is 0 Å². The number of fused-ring (bicyclic) bond motifs is 3. The van der Waals surface area contributed by atoms with Crippen LogP contribution >= 0.6 is 0 Å². The molecule has 147 valence electrons. The first-order valence-corrected chi connectivity index (χ1v) is 12.3. The summed E-state index contributed by atoms with van der Waals surface area (Å²) in [5.41, 5.74) is 7.87. The van der Waals surface area contributed by atoms with Crippen molar-refractivity contribution < 1.29 is 0 Å². The Morgan fingerprint density at radius 3 is 1.70 bits per heavy atom. The van der Waals surface area contributed by atoms with Crippen molar-refractivity contribution in [2.24, 2.45) is 0 Å². The number of rotatable bonds is 3. The molecular formula is C29H27Si. The molecule has 0 heterocycles. The van der Waals surface area contributed by atoms with Gasteiger partial charge in [0, 0.05) is 5.54 Å². The monoisotopic (exact) mass is 403 g/mol. The minimum Gasteiger partial charge on any atom is -0.0628 e. The van der Waals surface area contributed by atoms with E-state index in [9.17, 15) is 0 Å². The number of benzene rings is 4.